The van der Waals surface area contributed by atoms with Crippen LogP contribution in [0, 0.1) is 5.82 Å². The number of halogens is 1. The normalized spacial score (nSPS) is 11.2. The van der Waals surface area contributed by atoms with E-state index in [1.165, 1.54) is 34.4 Å². The minimum absolute atomic E-state index is 0.187. The van der Waals surface area contributed by atoms with Crippen LogP contribution in [0.25, 0.3) is 32.6 Å². The van der Waals surface area contributed by atoms with Crippen LogP contribution >= 0.6 is 11.3 Å². The molecule has 0 radical (unpaired) electrons. The van der Waals surface area contributed by atoms with E-state index in [1.807, 2.05) is 29.6 Å². The fraction of sp³-hybridized carbons (Fsp3) is 0.0870. The molecule has 3 heterocycles. The molecule has 2 aromatic carbocycles. The van der Waals surface area contributed by atoms with Crippen molar-refractivity contribution in [3.63, 3.8) is 0 Å². The Morgan fingerprint density at radius 2 is 1.84 bits per heavy atom. The van der Waals surface area contributed by atoms with E-state index in [-0.39, 0.29) is 17.9 Å². The van der Waals surface area contributed by atoms with E-state index in [2.05, 4.69) is 10.1 Å². The maximum Gasteiger partial charge on any atom is 0.263 e. The first-order valence-electron chi connectivity index (χ1n) is 9.45. The van der Waals surface area contributed by atoms with Gasteiger partial charge in [-0.15, -0.1) is 11.3 Å². The van der Waals surface area contributed by atoms with Crippen molar-refractivity contribution >= 4 is 21.6 Å². The molecule has 0 fully saturated rings. The lowest BCUT2D eigenvalue weighted by molar-refractivity contribution is 0.376. The van der Waals surface area contributed by atoms with Gasteiger partial charge in [-0.05, 0) is 42.0 Å². The molecule has 0 spiro atoms. The minimum Gasteiger partial charge on any atom is -0.497 e. The molecule has 0 unspecified atom stereocenters. The number of thiophene rings is 1. The van der Waals surface area contributed by atoms with E-state index in [0.717, 1.165) is 22.4 Å². The summed E-state index contributed by atoms with van der Waals surface area (Å²) in [6.45, 7) is 0.198. The number of rotatable bonds is 5. The average molecular weight is 433 g/mol. The van der Waals surface area contributed by atoms with Crippen molar-refractivity contribution in [1.82, 2.24) is 14.7 Å². The van der Waals surface area contributed by atoms with Gasteiger partial charge in [-0.2, -0.15) is 0 Å². The van der Waals surface area contributed by atoms with Gasteiger partial charge in [0.2, 0.25) is 0 Å². The van der Waals surface area contributed by atoms with Crippen molar-refractivity contribution in [2.75, 3.05) is 7.11 Å². The van der Waals surface area contributed by atoms with Crippen molar-refractivity contribution < 1.29 is 13.7 Å². The van der Waals surface area contributed by atoms with Crippen LogP contribution in [0.2, 0.25) is 0 Å². The van der Waals surface area contributed by atoms with Crippen molar-refractivity contribution in [2.45, 2.75) is 6.54 Å². The third kappa shape index (κ3) is 3.62. The number of hydrogen-bond donors (Lipinski definition) is 0. The summed E-state index contributed by atoms with van der Waals surface area (Å²) in [6.07, 6.45) is 1.51. The van der Waals surface area contributed by atoms with Gasteiger partial charge in [-0.3, -0.25) is 9.36 Å². The molecule has 5 aromatic rings. The van der Waals surface area contributed by atoms with Crippen molar-refractivity contribution in [3.8, 4) is 28.1 Å². The predicted molar refractivity (Wildman–Crippen MR) is 117 cm³/mol. The van der Waals surface area contributed by atoms with Crippen LogP contribution in [0.1, 0.15) is 5.76 Å². The number of fused-ring (bicyclic) bond motifs is 1. The van der Waals surface area contributed by atoms with Crippen molar-refractivity contribution in [1.29, 1.82) is 0 Å². The van der Waals surface area contributed by atoms with Gasteiger partial charge in [0.25, 0.3) is 5.56 Å². The van der Waals surface area contributed by atoms with Gasteiger partial charge < -0.3 is 9.26 Å². The number of benzene rings is 2. The molecule has 0 saturated carbocycles. The first kappa shape index (κ1) is 19.2. The zero-order valence-electron chi connectivity index (χ0n) is 16.4. The highest BCUT2D eigenvalue weighted by Gasteiger charge is 2.15. The number of hydrogen-bond acceptors (Lipinski definition) is 6. The molecule has 8 heteroatoms. The van der Waals surface area contributed by atoms with Crippen LogP contribution in [0.5, 0.6) is 5.75 Å². The number of methoxy groups -OCH3 is 1. The van der Waals surface area contributed by atoms with Gasteiger partial charge in [0.1, 0.15) is 22.1 Å². The van der Waals surface area contributed by atoms with E-state index in [1.54, 1.807) is 25.3 Å². The fourth-order valence-corrected chi connectivity index (χ4v) is 4.28. The fourth-order valence-electron chi connectivity index (χ4n) is 3.38. The Bertz CT molecular complexity index is 1420. The lowest BCUT2D eigenvalue weighted by Gasteiger charge is -2.04. The molecule has 31 heavy (non-hydrogen) atoms. The summed E-state index contributed by atoms with van der Waals surface area (Å²) in [7, 11) is 1.61. The highest BCUT2D eigenvalue weighted by Crippen LogP contribution is 2.30. The summed E-state index contributed by atoms with van der Waals surface area (Å²) >= 11 is 1.38. The molecule has 0 atom stereocenters. The zero-order valence-corrected chi connectivity index (χ0v) is 17.2. The molecule has 0 N–H and O–H groups in total. The molecule has 0 aliphatic rings. The summed E-state index contributed by atoms with van der Waals surface area (Å²) in [5.74, 6) is 0.968. The Labute approximate surface area is 180 Å². The predicted octanol–water partition coefficient (Wildman–Crippen LogP) is 4.98. The number of aromatic nitrogens is 3. The zero-order chi connectivity index (χ0) is 21.4. The molecular formula is C23H16FN3O3S. The molecule has 0 bridgehead atoms. The van der Waals surface area contributed by atoms with E-state index in [4.69, 9.17) is 9.26 Å². The largest absolute Gasteiger partial charge is 0.497 e. The summed E-state index contributed by atoms with van der Waals surface area (Å²) < 4.78 is 25.4. The van der Waals surface area contributed by atoms with Gasteiger partial charge in [-0.25, -0.2) is 9.37 Å². The van der Waals surface area contributed by atoms with Gasteiger partial charge in [0, 0.05) is 22.6 Å². The summed E-state index contributed by atoms with van der Waals surface area (Å²) in [6, 6.07) is 15.3. The van der Waals surface area contributed by atoms with Crippen LogP contribution in [0.15, 0.2) is 75.6 Å². The molecule has 154 valence electrons. The van der Waals surface area contributed by atoms with Crippen LogP contribution in [0.3, 0.4) is 0 Å². The van der Waals surface area contributed by atoms with Gasteiger partial charge in [0.05, 0.1) is 25.4 Å². The van der Waals surface area contributed by atoms with Crippen LogP contribution < -0.4 is 10.3 Å². The van der Waals surface area contributed by atoms with Gasteiger partial charge >= 0.3 is 0 Å². The monoisotopic (exact) mass is 433 g/mol. The standard InChI is InChI=1S/C23H16FN3O3S/c1-29-17-8-4-15(5-9-17)20-10-18(30-26-20)11-27-13-25-22-21(23(27)28)19(12-31-22)14-2-6-16(24)7-3-14/h2-10,12-13H,11H2,1H3. The molecule has 5 rings (SSSR count). The Hall–Kier alpha value is -3.78. The highest BCUT2D eigenvalue weighted by atomic mass is 32.1. The van der Waals surface area contributed by atoms with Crippen molar-refractivity contribution in [2.24, 2.45) is 0 Å². The quantitative estimate of drug-likeness (QED) is 0.391. The van der Waals surface area contributed by atoms with Crippen molar-refractivity contribution in [3.05, 3.63) is 88.2 Å². The lowest BCUT2D eigenvalue weighted by atomic mass is 10.1. The second-order valence-electron chi connectivity index (χ2n) is 6.92. The second kappa shape index (κ2) is 7.81. The molecule has 6 nitrogen and oxygen atoms in total. The third-order valence-electron chi connectivity index (χ3n) is 4.99. The Morgan fingerprint density at radius 1 is 1.10 bits per heavy atom. The van der Waals surface area contributed by atoms with E-state index >= 15 is 0 Å². The maximum absolute atomic E-state index is 13.3. The lowest BCUT2D eigenvalue weighted by Crippen LogP contribution is -2.20. The van der Waals surface area contributed by atoms with Crippen LogP contribution in [-0.4, -0.2) is 21.8 Å². The smallest absolute Gasteiger partial charge is 0.263 e. The van der Waals surface area contributed by atoms with E-state index < -0.39 is 0 Å². The van der Waals surface area contributed by atoms with Gasteiger partial charge in [-0.1, -0.05) is 17.3 Å². The minimum atomic E-state index is -0.322. The van der Waals surface area contributed by atoms with Crippen LogP contribution in [0.4, 0.5) is 4.39 Å². The Morgan fingerprint density at radius 3 is 2.58 bits per heavy atom. The highest BCUT2D eigenvalue weighted by molar-refractivity contribution is 7.17. The first-order chi connectivity index (χ1) is 15.1. The molecular weight excluding hydrogens is 417 g/mol. The Kier molecular flexibility index (Phi) is 4.83. The molecule has 3 aromatic heterocycles. The summed E-state index contributed by atoms with van der Waals surface area (Å²) in [4.78, 5) is 18.2. The Balaban J connectivity index is 1.48. The summed E-state index contributed by atoms with van der Waals surface area (Å²) in [5.41, 5.74) is 2.87. The summed E-state index contributed by atoms with van der Waals surface area (Å²) in [5, 5.41) is 6.48. The number of nitrogens with zero attached hydrogens (tertiary/aromatic N) is 3. The van der Waals surface area contributed by atoms with Gasteiger partial charge in [0.15, 0.2) is 5.76 Å². The maximum atomic E-state index is 13.3. The SMILES string of the molecule is COc1ccc(-c2cc(Cn3cnc4scc(-c5ccc(F)cc5)c4c3=O)on2)cc1. The van der Waals surface area contributed by atoms with E-state index in [0.29, 0.717) is 21.7 Å². The molecule has 0 aliphatic heterocycles. The second-order valence-corrected chi connectivity index (χ2v) is 7.78. The van der Waals surface area contributed by atoms with E-state index in [9.17, 15) is 9.18 Å². The number of ether oxygens (including phenoxy) is 1. The average Bonchev–Trinajstić information content (AvgIpc) is 3.44. The topological polar surface area (TPSA) is 70.2 Å². The molecule has 0 aliphatic carbocycles. The first-order valence-corrected chi connectivity index (χ1v) is 10.3. The molecule has 0 amide bonds. The molecule has 0 saturated heterocycles. The van der Waals surface area contributed by atoms with Crippen LogP contribution in [-0.2, 0) is 6.54 Å². The third-order valence-corrected chi connectivity index (χ3v) is 5.87.